The second-order valence-electron chi connectivity index (χ2n) is 3.51. The molecule has 0 aliphatic rings. The number of carbonyl (C=O) groups excluding carboxylic acids is 1. The fraction of sp³-hybridized carbons (Fsp3) is 0.0909. The molecule has 0 amide bonds. The molecule has 0 saturated heterocycles. The zero-order valence-corrected chi connectivity index (χ0v) is 11.1. The summed E-state index contributed by atoms with van der Waals surface area (Å²) in [6, 6.07) is 4.68. The highest BCUT2D eigenvalue weighted by atomic mass is 127. The summed E-state index contributed by atoms with van der Waals surface area (Å²) < 4.78 is 15.0. The number of carbonyl (C=O) groups is 1. The number of nitrogens with two attached hydrogens (primary N) is 1. The monoisotopic (exact) mass is 345 g/mol. The lowest BCUT2D eigenvalue weighted by atomic mass is 10.2. The molecule has 0 saturated carbocycles. The van der Waals surface area contributed by atoms with Gasteiger partial charge in [-0.2, -0.15) is 5.10 Å². The van der Waals surface area contributed by atoms with Crippen molar-refractivity contribution < 1.29 is 9.18 Å². The molecule has 1 aromatic heterocycles. The average Bonchev–Trinajstić information content (AvgIpc) is 2.64. The molecule has 1 heterocycles. The number of hydrogen-bond acceptors (Lipinski definition) is 3. The summed E-state index contributed by atoms with van der Waals surface area (Å²) in [4.78, 5) is 11.3. The number of nitrogen functional groups attached to an aromatic ring is 1. The summed E-state index contributed by atoms with van der Waals surface area (Å²) in [7, 11) is 0. The molecule has 0 unspecified atom stereocenters. The van der Waals surface area contributed by atoms with Gasteiger partial charge in [0.05, 0.1) is 23.1 Å². The Bertz CT molecular complexity index is 594. The molecule has 88 valence electrons. The topological polar surface area (TPSA) is 60.9 Å². The van der Waals surface area contributed by atoms with E-state index < -0.39 is 5.82 Å². The molecule has 0 aliphatic carbocycles. The Balaban J connectivity index is 2.62. The number of nitrogens with zero attached hydrogens (tertiary/aromatic N) is 2. The van der Waals surface area contributed by atoms with Crippen molar-refractivity contribution in [1.82, 2.24) is 9.78 Å². The van der Waals surface area contributed by atoms with Gasteiger partial charge >= 0.3 is 0 Å². The van der Waals surface area contributed by atoms with Gasteiger partial charge in [0.25, 0.3) is 0 Å². The van der Waals surface area contributed by atoms with Crippen molar-refractivity contribution in [3.63, 3.8) is 0 Å². The van der Waals surface area contributed by atoms with Crippen molar-refractivity contribution in [3.05, 3.63) is 41.5 Å². The molecule has 2 N–H and O–H groups in total. The van der Waals surface area contributed by atoms with E-state index in [1.807, 2.05) is 0 Å². The van der Waals surface area contributed by atoms with Crippen LogP contribution >= 0.6 is 22.6 Å². The first-order chi connectivity index (χ1) is 8.02. The average molecular weight is 345 g/mol. The van der Waals surface area contributed by atoms with Crippen LogP contribution in [-0.2, 0) is 0 Å². The SMILES string of the molecule is Cc1c(C(=O)I)cnn1-c1cccc(N)c1F. The molecule has 0 bridgehead atoms. The fourth-order valence-corrected chi connectivity index (χ4v) is 2.08. The third-order valence-corrected chi connectivity index (χ3v) is 3.04. The lowest BCUT2D eigenvalue weighted by Crippen LogP contribution is -2.05. The summed E-state index contributed by atoms with van der Waals surface area (Å²) in [5.41, 5.74) is 6.84. The van der Waals surface area contributed by atoms with Crippen molar-refractivity contribution in [2.75, 3.05) is 5.73 Å². The summed E-state index contributed by atoms with van der Waals surface area (Å²) in [5.74, 6) is -0.536. The lowest BCUT2D eigenvalue weighted by molar-refractivity contribution is 0.110. The smallest absolute Gasteiger partial charge is 0.225 e. The highest BCUT2D eigenvalue weighted by molar-refractivity contribution is 14.1. The maximum Gasteiger partial charge on any atom is 0.225 e. The standard InChI is InChI=1S/C11H9FIN3O/c1-6-7(11(13)17)5-15-16(6)9-4-2-3-8(14)10(9)12/h2-5H,14H2,1H3. The highest BCUT2D eigenvalue weighted by Gasteiger charge is 2.15. The van der Waals surface area contributed by atoms with E-state index in [2.05, 4.69) is 5.10 Å². The van der Waals surface area contributed by atoms with Crippen molar-refractivity contribution in [2.24, 2.45) is 0 Å². The summed E-state index contributed by atoms with van der Waals surface area (Å²) in [6.45, 7) is 1.71. The molecular formula is C11H9FIN3O. The van der Waals surface area contributed by atoms with E-state index in [-0.39, 0.29) is 15.2 Å². The quantitative estimate of drug-likeness (QED) is 0.517. The van der Waals surface area contributed by atoms with Gasteiger partial charge < -0.3 is 5.73 Å². The number of anilines is 1. The van der Waals surface area contributed by atoms with E-state index in [1.165, 1.54) is 16.9 Å². The molecule has 2 rings (SSSR count). The minimum absolute atomic E-state index is 0.0553. The Morgan fingerprint density at radius 1 is 1.53 bits per heavy atom. The predicted molar refractivity (Wildman–Crippen MR) is 71.0 cm³/mol. The molecule has 6 heteroatoms. The maximum atomic E-state index is 13.8. The van der Waals surface area contributed by atoms with Crippen LogP contribution in [0.25, 0.3) is 5.69 Å². The first-order valence-electron chi connectivity index (χ1n) is 4.81. The summed E-state index contributed by atoms with van der Waals surface area (Å²) >= 11 is 1.67. The number of halogens is 2. The van der Waals surface area contributed by atoms with Gasteiger partial charge in [-0.15, -0.1) is 0 Å². The molecule has 0 spiro atoms. The van der Waals surface area contributed by atoms with Gasteiger partial charge in [0.15, 0.2) is 5.82 Å². The van der Waals surface area contributed by atoms with E-state index >= 15 is 0 Å². The molecule has 0 atom stereocenters. The lowest BCUT2D eigenvalue weighted by Gasteiger charge is -2.07. The number of aromatic nitrogens is 2. The molecule has 1 aromatic carbocycles. The maximum absolute atomic E-state index is 13.8. The van der Waals surface area contributed by atoms with Crippen molar-refractivity contribution >= 4 is 32.1 Å². The number of rotatable bonds is 2. The Hall–Kier alpha value is -1.44. The molecule has 4 nitrogen and oxygen atoms in total. The van der Waals surface area contributed by atoms with Gasteiger partial charge in [-0.25, -0.2) is 9.07 Å². The normalized spacial score (nSPS) is 10.5. The van der Waals surface area contributed by atoms with Gasteiger partial charge in [-0.3, -0.25) is 4.79 Å². The van der Waals surface area contributed by atoms with Gasteiger partial charge in [0.1, 0.15) is 5.69 Å². The molecule has 2 aromatic rings. The van der Waals surface area contributed by atoms with Crippen molar-refractivity contribution in [1.29, 1.82) is 0 Å². The zero-order chi connectivity index (χ0) is 12.6. The van der Waals surface area contributed by atoms with Crippen LogP contribution in [0.3, 0.4) is 0 Å². The van der Waals surface area contributed by atoms with Crippen LogP contribution in [0.5, 0.6) is 0 Å². The molecular weight excluding hydrogens is 336 g/mol. The first-order valence-corrected chi connectivity index (χ1v) is 5.89. The number of hydrogen-bond donors (Lipinski definition) is 1. The fourth-order valence-electron chi connectivity index (χ4n) is 1.55. The van der Waals surface area contributed by atoms with Crippen LogP contribution in [0.2, 0.25) is 0 Å². The number of benzene rings is 1. The highest BCUT2D eigenvalue weighted by Crippen LogP contribution is 2.22. The zero-order valence-electron chi connectivity index (χ0n) is 8.95. The van der Waals surface area contributed by atoms with Crippen LogP contribution in [0, 0.1) is 12.7 Å². The third-order valence-electron chi connectivity index (χ3n) is 2.46. The Labute approximate surface area is 111 Å². The third kappa shape index (κ3) is 2.04. The van der Waals surface area contributed by atoms with Crippen LogP contribution in [0.4, 0.5) is 10.1 Å². The minimum atomic E-state index is -0.536. The van der Waals surface area contributed by atoms with E-state index in [0.717, 1.165) is 0 Å². The largest absolute Gasteiger partial charge is 0.396 e. The van der Waals surface area contributed by atoms with Crippen molar-refractivity contribution in [2.45, 2.75) is 6.92 Å². The first kappa shape index (κ1) is 12.0. The Morgan fingerprint density at radius 2 is 2.24 bits per heavy atom. The molecule has 0 fully saturated rings. The van der Waals surface area contributed by atoms with E-state index in [1.54, 1.807) is 41.6 Å². The van der Waals surface area contributed by atoms with Crippen molar-refractivity contribution in [3.8, 4) is 5.69 Å². The van der Waals surface area contributed by atoms with Crippen LogP contribution in [0.1, 0.15) is 16.1 Å². The van der Waals surface area contributed by atoms with Gasteiger partial charge in [-0.05, 0) is 19.1 Å². The molecule has 0 aliphatic heterocycles. The summed E-state index contributed by atoms with van der Waals surface area (Å²) in [6.07, 6.45) is 1.42. The minimum Gasteiger partial charge on any atom is -0.396 e. The molecule has 0 radical (unpaired) electrons. The summed E-state index contributed by atoms with van der Waals surface area (Å²) in [5, 5.41) is 4.00. The predicted octanol–water partition coefficient (Wildman–Crippen LogP) is 2.48. The Kier molecular flexibility index (Phi) is 3.14. The second-order valence-corrected chi connectivity index (χ2v) is 4.49. The Morgan fingerprint density at radius 3 is 2.82 bits per heavy atom. The van der Waals surface area contributed by atoms with E-state index in [9.17, 15) is 9.18 Å². The van der Waals surface area contributed by atoms with Crippen LogP contribution in [-0.4, -0.2) is 13.6 Å². The van der Waals surface area contributed by atoms with Gasteiger partial charge in [-0.1, -0.05) is 6.07 Å². The van der Waals surface area contributed by atoms with Gasteiger partial charge in [0.2, 0.25) is 3.79 Å². The van der Waals surface area contributed by atoms with E-state index in [4.69, 9.17) is 5.73 Å². The van der Waals surface area contributed by atoms with Crippen LogP contribution in [0.15, 0.2) is 24.4 Å². The molecule has 17 heavy (non-hydrogen) atoms. The van der Waals surface area contributed by atoms with Crippen LogP contribution < -0.4 is 5.73 Å². The van der Waals surface area contributed by atoms with Gasteiger partial charge in [0, 0.05) is 22.6 Å². The van der Waals surface area contributed by atoms with E-state index in [0.29, 0.717) is 11.3 Å². The second kappa shape index (κ2) is 4.44.